The number of anilines is 1. The van der Waals surface area contributed by atoms with Gasteiger partial charge >= 0.3 is 0 Å². The molecule has 1 aromatic carbocycles. The van der Waals surface area contributed by atoms with Crippen LogP contribution in [-0.2, 0) is 4.79 Å². The molecule has 5 rings (SSSR count). The van der Waals surface area contributed by atoms with Gasteiger partial charge in [0, 0.05) is 43.6 Å². The van der Waals surface area contributed by atoms with Gasteiger partial charge in [-0.3, -0.25) is 4.79 Å². The molecule has 1 unspecified atom stereocenters. The summed E-state index contributed by atoms with van der Waals surface area (Å²) < 4.78 is 14.5. The van der Waals surface area contributed by atoms with Gasteiger partial charge in [0.2, 0.25) is 5.91 Å². The molecule has 6 heteroatoms. The van der Waals surface area contributed by atoms with Crippen molar-refractivity contribution in [1.29, 1.82) is 0 Å². The SMILES string of the molecule is O=C(C1C[C@H]2CCC[C@@H](C1)C21SCCS1)N1CCN(c2ccccc2F)CC1. The van der Waals surface area contributed by atoms with Crippen molar-refractivity contribution in [1.82, 2.24) is 4.90 Å². The molecule has 0 radical (unpaired) electrons. The molecule has 2 saturated heterocycles. The zero-order valence-electron chi connectivity index (χ0n) is 16.3. The molecule has 2 saturated carbocycles. The van der Waals surface area contributed by atoms with Gasteiger partial charge in [0.25, 0.3) is 0 Å². The molecule has 0 N–H and O–H groups in total. The molecule has 1 aromatic rings. The average molecular weight is 421 g/mol. The van der Waals surface area contributed by atoms with E-state index in [0.29, 0.717) is 40.6 Å². The number of para-hydroxylation sites is 1. The third kappa shape index (κ3) is 3.24. The average Bonchev–Trinajstić information content (AvgIpc) is 3.17. The van der Waals surface area contributed by atoms with Crippen molar-refractivity contribution in [2.75, 3.05) is 42.6 Å². The summed E-state index contributed by atoms with van der Waals surface area (Å²) in [5.41, 5.74) is 0.666. The number of halogens is 1. The van der Waals surface area contributed by atoms with Crippen LogP contribution in [0.3, 0.4) is 0 Å². The lowest BCUT2D eigenvalue weighted by molar-refractivity contribution is -0.138. The Hall–Kier alpha value is -0.880. The Balaban J connectivity index is 1.23. The van der Waals surface area contributed by atoms with Crippen LogP contribution in [0.4, 0.5) is 10.1 Å². The molecule has 2 aliphatic carbocycles. The van der Waals surface area contributed by atoms with E-state index in [2.05, 4.69) is 33.3 Å². The Morgan fingerprint density at radius 1 is 1.00 bits per heavy atom. The molecule has 2 bridgehead atoms. The van der Waals surface area contributed by atoms with Crippen LogP contribution in [0.25, 0.3) is 0 Å². The fourth-order valence-corrected chi connectivity index (χ4v) is 9.88. The highest BCUT2D eigenvalue weighted by molar-refractivity contribution is 8.21. The summed E-state index contributed by atoms with van der Waals surface area (Å²) in [4.78, 5) is 17.5. The summed E-state index contributed by atoms with van der Waals surface area (Å²) in [6.45, 7) is 2.88. The van der Waals surface area contributed by atoms with E-state index < -0.39 is 0 Å². The molecule has 4 fully saturated rings. The predicted octanol–water partition coefficient (Wildman–Crippen LogP) is 4.48. The van der Waals surface area contributed by atoms with Crippen LogP contribution in [-0.4, -0.2) is 52.6 Å². The second-order valence-electron chi connectivity index (χ2n) is 8.68. The number of piperazine rings is 1. The zero-order chi connectivity index (χ0) is 19.1. The number of thioether (sulfide) groups is 2. The number of hydrogen-bond acceptors (Lipinski definition) is 4. The molecule has 28 heavy (non-hydrogen) atoms. The van der Waals surface area contributed by atoms with Gasteiger partial charge in [0.05, 0.1) is 9.77 Å². The summed E-state index contributed by atoms with van der Waals surface area (Å²) >= 11 is 4.40. The van der Waals surface area contributed by atoms with E-state index in [-0.39, 0.29) is 11.7 Å². The third-order valence-electron chi connectivity index (χ3n) is 7.25. The van der Waals surface area contributed by atoms with Gasteiger partial charge in [-0.2, -0.15) is 0 Å². The lowest BCUT2D eigenvalue weighted by Gasteiger charge is -2.52. The summed E-state index contributed by atoms with van der Waals surface area (Å²) in [5.74, 6) is 4.41. The van der Waals surface area contributed by atoms with Crippen molar-refractivity contribution in [2.24, 2.45) is 17.8 Å². The summed E-state index contributed by atoms with van der Waals surface area (Å²) in [6, 6.07) is 6.96. The van der Waals surface area contributed by atoms with Crippen LogP contribution >= 0.6 is 23.5 Å². The normalized spacial score (nSPS) is 32.0. The van der Waals surface area contributed by atoms with Crippen LogP contribution < -0.4 is 4.90 Å². The smallest absolute Gasteiger partial charge is 0.225 e. The molecule has 0 aromatic heterocycles. The Labute approximate surface area is 175 Å². The topological polar surface area (TPSA) is 23.6 Å². The van der Waals surface area contributed by atoms with E-state index in [9.17, 15) is 9.18 Å². The molecule has 4 aliphatic rings. The molecular weight excluding hydrogens is 391 g/mol. The first-order chi connectivity index (χ1) is 13.7. The minimum atomic E-state index is -0.167. The highest BCUT2D eigenvalue weighted by Gasteiger charge is 2.55. The zero-order valence-corrected chi connectivity index (χ0v) is 17.9. The molecule has 3 atom stereocenters. The number of rotatable bonds is 2. The lowest BCUT2D eigenvalue weighted by Crippen LogP contribution is -2.54. The molecule has 1 amide bonds. The molecule has 2 heterocycles. The quantitative estimate of drug-likeness (QED) is 0.704. The predicted molar refractivity (Wildman–Crippen MR) is 116 cm³/mol. The first-order valence-electron chi connectivity index (χ1n) is 10.7. The highest BCUT2D eigenvalue weighted by Crippen LogP contribution is 2.64. The summed E-state index contributed by atoms with van der Waals surface area (Å²) in [5, 5.41) is 0. The molecule has 3 nitrogen and oxygen atoms in total. The minimum absolute atomic E-state index is 0.167. The van der Waals surface area contributed by atoms with Crippen molar-refractivity contribution in [3.05, 3.63) is 30.1 Å². The van der Waals surface area contributed by atoms with E-state index in [1.807, 2.05) is 12.1 Å². The van der Waals surface area contributed by atoms with Crippen molar-refractivity contribution in [3.63, 3.8) is 0 Å². The number of carbonyl (C=O) groups is 1. The monoisotopic (exact) mass is 420 g/mol. The van der Waals surface area contributed by atoms with Crippen molar-refractivity contribution >= 4 is 35.1 Å². The van der Waals surface area contributed by atoms with Gasteiger partial charge in [-0.1, -0.05) is 18.6 Å². The van der Waals surface area contributed by atoms with Crippen LogP contribution in [0.5, 0.6) is 0 Å². The summed E-state index contributed by atoms with van der Waals surface area (Å²) in [6.07, 6.45) is 6.13. The molecular formula is C22H29FN2OS2. The molecule has 2 aliphatic heterocycles. The molecule has 152 valence electrons. The molecule has 1 spiro atoms. The highest BCUT2D eigenvalue weighted by atomic mass is 32.2. The van der Waals surface area contributed by atoms with Crippen LogP contribution in [0.15, 0.2) is 24.3 Å². The number of benzene rings is 1. The Kier molecular flexibility index (Phi) is 5.29. The first-order valence-corrected chi connectivity index (χ1v) is 12.7. The number of hydrogen-bond donors (Lipinski definition) is 0. The lowest BCUT2D eigenvalue weighted by atomic mass is 9.66. The Morgan fingerprint density at radius 3 is 2.29 bits per heavy atom. The van der Waals surface area contributed by atoms with Gasteiger partial charge in [-0.05, 0) is 49.7 Å². The van der Waals surface area contributed by atoms with Gasteiger partial charge in [-0.15, -0.1) is 23.5 Å². The van der Waals surface area contributed by atoms with Gasteiger partial charge in [-0.25, -0.2) is 4.39 Å². The third-order valence-corrected chi connectivity index (χ3v) is 11.3. The number of carbonyl (C=O) groups excluding carboxylic acids is 1. The van der Waals surface area contributed by atoms with Gasteiger partial charge in [0.1, 0.15) is 5.82 Å². The van der Waals surface area contributed by atoms with Gasteiger partial charge in [0.15, 0.2) is 0 Å². The maximum atomic E-state index is 14.1. The fraction of sp³-hybridized carbons (Fsp3) is 0.682. The van der Waals surface area contributed by atoms with E-state index in [1.54, 1.807) is 6.07 Å². The maximum Gasteiger partial charge on any atom is 0.225 e. The Bertz CT molecular complexity index is 715. The largest absolute Gasteiger partial charge is 0.366 e. The Morgan fingerprint density at radius 2 is 1.64 bits per heavy atom. The minimum Gasteiger partial charge on any atom is -0.366 e. The summed E-state index contributed by atoms with van der Waals surface area (Å²) in [7, 11) is 0. The number of amides is 1. The van der Waals surface area contributed by atoms with Crippen LogP contribution in [0.2, 0.25) is 0 Å². The first kappa shape index (κ1) is 19.1. The van der Waals surface area contributed by atoms with E-state index in [1.165, 1.54) is 36.8 Å². The van der Waals surface area contributed by atoms with E-state index >= 15 is 0 Å². The van der Waals surface area contributed by atoms with Crippen molar-refractivity contribution < 1.29 is 9.18 Å². The maximum absolute atomic E-state index is 14.1. The van der Waals surface area contributed by atoms with E-state index in [0.717, 1.165) is 25.9 Å². The second-order valence-corrected chi connectivity index (χ2v) is 11.7. The van der Waals surface area contributed by atoms with Gasteiger partial charge < -0.3 is 9.80 Å². The van der Waals surface area contributed by atoms with Crippen molar-refractivity contribution in [2.45, 2.75) is 36.2 Å². The van der Waals surface area contributed by atoms with E-state index in [4.69, 9.17) is 0 Å². The van der Waals surface area contributed by atoms with Crippen LogP contribution in [0.1, 0.15) is 32.1 Å². The number of nitrogens with zero attached hydrogens (tertiary/aromatic N) is 2. The fourth-order valence-electron chi connectivity index (χ4n) is 5.94. The standard InChI is InChI=1S/C22H29FN2OS2/c23-19-6-1-2-7-20(19)24-8-10-25(11-9-24)21(26)16-14-17-4-3-5-18(15-16)22(17)27-12-13-28-22/h1-2,6-7,16-18H,3-5,8-15H2/t16?,17-,18+. The second kappa shape index (κ2) is 7.75. The van der Waals surface area contributed by atoms with Crippen molar-refractivity contribution in [3.8, 4) is 0 Å². The van der Waals surface area contributed by atoms with Crippen LogP contribution in [0, 0.1) is 23.6 Å².